The number of aromatic nitrogens is 2. The van der Waals surface area contributed by atoms with Crippen molar-refractivity contribution in [1.82, 2.24) is 15.3 Å². The molecule has 3 heterocycles. The van der Waals surface area contributed by atoms with Gasteiger partial charge < -0.3 is 15.0 Å². The van der Waals surface area contributed by atoms with Crippen molar-refractivity contribution in [1.29, 1.82) is 0 Å². The maximum absolute atomic E-state index is 12.5. The van der Waals surface area contributed by atoms with Crippen LogP contribution in [-0.2, 0) is 16.0 Å². The third-order valence-electron chi connectivity index (χ3n) is 4.77. The lowest BCUT2D eigenvalue weighted by Crippen LogP contribution is -2.43. The van der Waals surface area contributed by atoms with E-state index in [1.807, 2.05) is 6.92 Å². The molecule has 0 aromatic carbocycles. The van der Waals surface area contributed by atoms with Crippen molar-refractivity contribution < 1.29 is 9.53 Å². The molecule has 1 N–H and O–H groups in total. The van der Waals surface area contributed by atoms with Gasteiger partial charge in [0, 0.05) is 37.7 Å². The van der Waals surface area contributed by atoms with Gasteiger partial charge in [0.25, 0.3) is 0 Å². The summed E-state index contributed by atoms with van der Waals surface area (Å²) in [5.74, 6) is 1.14. The van der Waals surface area contributed by atoms with Crippen molar-refractivity contribution in [2.45, 2.75) is 39.5 Å². The summed E-state index contributed by atoms with van der Waals surface area (Å²) in [6.07, 6.45) is 5.45. The Kier molecular flexibility index (Phi) is 6.80. The number of anilines is 1. The summed E-state index contributed by atoms with van der Waals surface area (Å²) in [4.78, 5) is 26.1. The molecule has 0 aliphatic carbocycles. The van der Waals surface area contributed by atoms with E-state index in [2.05, 4.69) is 33.2 Å². The Balaban J connectivity index is 1.63. The first-order valence-electron chi connectivity index (χ1n) is 9.56. The highest BCUT2D eigenvalue weighted by Crippen LogP contribution is 2.32. The molecule has 2 aromatic rings. The summed E-state index contributed by atoms with van der Waals surface area (Å²) in [6.45, 7) is 7.91. The normalized spacial score (nSPS) is 17.6. The van der Waals surface area contributed by atoms with E-state index >= 15 is 0 Å². The predicted molar refractivity (Wildman–Crippen MR) is 106 cm³/mol. The van der Waals surface area contributed by atoms with E-state index in [1.54, 1.807) is 17.7 Å². The number of carbonyl (C=O) groups is 1. The molecule has 142 valence electrons. The van der Waals surface area contributed by atoms with Gasteiger partial charge in [0.2, 0.25) is 5.91 Å². The van der Waals surface area contributed by atoms with Gasteiger partial charge in [-0.1, -0.05) is 6.92 Å². The third-order valence-corrected chi connectivity index (χ3v) is 5.96. The summed E-state index contributed by atoms with van der Waals surface area (Å²) in [5, 5.41) is 4.18. The molecule has 7 heteroatoms. The van der Waals surface area contributed by atoms with Crippen LogP contribution in [0.4, 0.5) is 5.82 Å². The molecule has 0 radical (unpaired) electrons. The number of fused-ring (bicyclic) bond motifs is 1. The minimum Gasteiger partial charge on any atom is -0.382 e. The molecule has 1 fully saturated rings. The van der Waals surface area contributed by atoms with Crippen LogP contribution in [0.1, 0.15) is 38.0 Å². The Morgan fingerprint density at radius 2 is 2.31 bits per heavy atom. The molecule has 0 saturated carbocycles. The maximum atomic E-state index is 12.5. The predicted octanol–water partition coefficient (Wildman–Crippen LogP) is 3.01. The van der Waals surface area contributed by atoms with E-state index < -0.39 is 0 Å². The Morgan fingerprint density at radius 1 is 1.42 bits per heavy atom. The second-order valence-corrected chi connectivity index (χ2v) is 7.72. The van der Waals surface area contributed by atoms with E-state index in [1.165, 1.54) is 4.88 Å². The molecule has 1 unspecified atom stereocenters. The summed E-state index contributed by atoms with van der Waals surface area (Å²) < 4.78 is 5.32. The molecule has 1 aliphatic heterocycles. The Bertz CT molecular complexity index is 733. The molecule has 1 amide bonds. The monoisotopic (exact) mass is 376 g/mol. The number of aryl methyl sites for hydroxylation is 1. The average molecular weight is 377 g/mol. The van der Waals surface area contributed by atoms with Crippen molar-refractivity contribution in [3.63, 3.8) is 0 Å². The number of thiophene rings is 1. The zero-order valence-electron chi connectivity index (χ0n) is 15.7. The molecule has 1 saturated heterocycles. The van der Waals surface area contributed by atoms with Gasteiger partial charge in [-0.25, -0.2) is 9.97 Å². The van der Waals surface area contributed by atoms with Gasteiger partial charge in [-0.3, -0.25) is 4.79 Å². The van der Waals surface area contributed by atoms with E-state index in [0.717, 1.165) is 61.4 Å². The van der Waals surface area contributed by atoms with Gasteiger partial charge in [-0.2, -0.15) is 0 Å². The fraction of sp³-hybridized carbons (Fsp3) is 0.632. The Morgan fingerprint density at radius 3 is 3.12 bits per heavy atom. The van der Waals surface area contributed by atoms with Crippen LogP contribution in [-0.4, -0.2) is 48.7 Å². The van der Waals surface area contributed by atoms with Crippen LogP contribution in [0.15, 0.2) is 12.4 Å². The lowest BCUT2D eigenvalue weighted by atomic mass is 9.97. The fourth-order valence-corrected chi connectivity index (χ4v) is 4.31. The minimum absolute atomic E-state index is 0.0186. The van der Waals surface area contributed by atoms with Crippen molar-refractivity contribution in [2.75, 3.05) is 37.7 Å². The lowest BCUT2D eigenvalue weighted by molar-refractivity contribution is -0.125. The highest BCUT2D eigenvalue weighted by atomic mass is 32.1. The third kappa shape index (κ3) is 4.51. The molecule has 2 aromatic heterocycles. The zero-order valence-corrected chi connectivity index (χ0v) is 16.5. The summed E-state index contributed by atoms with van der Waals surface area (Å²) in [6, 6.07) is 2.20. The quantitative estimate of drug-likeness (QED) is 0.718. The van der Waals surface area contributed by atoms with Gasteiger partial charge in [0.1, 0.15) is 17.0 Å². The van der Waals surface area contributed by atoms with Crippen molar-refractivity contribution >= 4 is 33.3 Å². The first kappa shape index (κ1) is 19.0. The number of rotatable bonds is 8. The second kappa shape index (κ2) is 9.28. The molecule has 6 nitrogen and oxygen atoms in total. The first-order valence-corrected chi connectivity index (χ1v) is 10.4. The van der Waals surface area contributed by atoms with Crippen molar-refractivity contribution in [2.24, 2.45) is 5.92 Å². The first-order chi connectivity index (χ1) is 12.7. The molecule has 1 atom stereocenters. The van der Waals surface area contributed by atoms with E-state index in [4.69, 9.17) is 4.74 Å². The number of ether oxygens (including phenoxy) is 1. The Labute approximate surface area is 159 Å². The van der Waals surface area contributed by atoms with Crippen LogP contribution in [0.5, 0.6) is 0 Å². The molecular formula is C19H28N4O2S. The van der Waals surface area contributed by atoms with Crippen LogP contribution in [0.3, 0.4) is 0 Å². The highest BCUT2D eigenvalue weighted by Gasteiger charge is 2.27. The number of nitrogens with one attached hydrogen (secondary N) is 1. The lowest BCUT2D eigenvalue weighted by Gasteiger charge is -2.33. The molecular weight excluding hydrogens is 348 g/mol. The summed E-state index contributed by atoms with van der Waals surface area (Å²) in [7, 11) is 0. The molecule has 0 bridgehead atoms. The van der Waals surface area contributed by atoms with Crippen LogP contribution < -0.4 is 10.2 Å². The van der Waals surface area contributed by atoms with Gasteiger partial charge in [-0.15, -0.1) is 11.3 Å². The molecule has 0 spiro atoms. The van der Waals surface area contributed by atoms with E-state index in [9.17, 15) is 4.79 Å². The largest absolute Gasteiger partial charge is 0.382 e. The zero-order chi connectivity index (χ0) is 18.4. The number of nitrogens with zero attached hydrogens (tertiary/aromatic N) is 3. The standard InChI is InChI=1S/C19H28N4O2S/c1-3-15-11-16-17(21-13-22-19(16)26-15)23-9-5-7-14(12-23)18(24)20-8-6-10-25-4-2/h11,13-14H,3-10,12H2,1-2H3,(H,20,24). The molecule has 26 heavy (non-hydrogen) atoms. The van der Waals surface area contributed by atoms with Gasteiger partial charge in [-0.05, 0) is 38.7 Å². The summed E-state index contributed by atoms with van der Waals surface area (Å²) >= 11 is 1.73. The molecule has 1 aliphatic rings. The Hall–Kier alpha value is -1.73. The number of amides is 1. The number of piperidine rings is 1. The number of hydrogen-bond donors (Lipinski definition) is 1. The number of hydrogen-bond acceptors (Lipinski definition) is 6. The van der Waals surface area contributed by atoms with Crippen LogP contribution in [0.2, 0.25) is 0 Å². The van der Waals surface area contributed by atoms with Crippen LogP contribution in [0.25, 0.3) is 10.2 Å². The minimum atomic E-state index is 0.0186. The topological polar surface area (TPSA) is 67.3 Å². The van der Waals surface area contributed by atoms with Gasteiger partial charge >= 0.3 is 0 Å². The highest BCUT2D eigenvalue weighted by molar-refractivity contribution is 7.18. The smallest absolute Gasteiger partial charge is 0.224 e. The van der Waals surface area contributed by atoms with Crippen LogP contribution in [0, 0.1) is 5.92 Å². The number of carbonyl (C=O) groups excluding carboxylic acids is 1. The van der Waals surface area contributed by atoms with E-state index in [-0.39, 0.29) is 11.8 Å². The average Bonchev–Trinajstić information content (AvgIpc) is 3.11. The van der Waals surface area contributed by atoms with E-state index in [0.29, 0.717) is 13.2 Å². The molecule has 3 rings (SSSR count). The van der Waals surface area contributed by atoms with Crippen molar-refractivity contribution in [3.05, 3.63) is 17.3 Å². The van der Waals surface area contributed by atoms with Crippen LogP contribution >= 0.6 is 11.3 Å². The van der Waals surface area contributed by atoms with Gasteiger partial charge in [0.05, 0.1) is 11.3 Å². The van der Waals surface area contributed by atoms with Gasteiger partial charge in [0.15, 0.2) is 0 Å². The maximum Gasteiger partial charge on any atom is 0.224 e. The summed E-state index contributed by atoms with van der Waals surface area (Å²) in [5.41, 5.74) is 0. The SMILES string of the molecule is CCOCCCNC(=O)C1CCCN(c2ncnc3sc(CC)cc23)C1. The fourth-order valence-electron chi connectivity index (χ4n) is 3.38. The van der Waals surface area contributed by atoms with Crippen molar-refractivity contribution in [3.8, 4) is 0 Å². The second-order valence-electron chi connectivity index (χ2n) is 6.61.